The lowest BCUT2D eigenvalue weighted by Gasteiger charge is -2.33. The Morgan fingerprint density at radius 1 is 1.42 bits per heavy atom. The Labute approximate surface area is 117 Å². The second kappa shape index (κ2) is 5.35. The maximum absolute atomic E-state index is 9.20. The third kappa shape index (κ3) is 2.40. The number of pyridine rings is 1. The first-order valence-electron chi connectivity index (χ1n) is 6.60. The highest BCUT2D eigenvalue weighted by molar-refractivity contribution is 6.35. The number of hydrogen-bond donors (Lipinski definition) is 1. The minimum atomic E-state index is 0.289. The molecule has 3 nitrogen and oxygen atoms in total. The van der Waals surface area contributed by atoms with Gasteiger partial charge in [0, 0.05) is 37.3 Å². The molecular formula is C15H16ClN2O. The van der Waals surface area contributed by atoms with Crippen molar-refractivity contribution in [3.8, 4) is 0 Å². The number of aliphatic hydroxyl groups is 1. The van der Waals surface area contributed by atoms with Crippen molar-refractivity contribution in [2.24, 2.45) is 5.92 Å². The molecule has 1 N–H and O–H groups in total. The number of piperidine rings is 1. The zero-order chi connectivity index (χ0) is 13.2. The molecule has 99 valence electrons. The SMILES string of the molecule is OCC1CCN(c2[c]cc(Cl)c3cccnc23)CC1. The molecule has 1 aliphatic heterocycles. The van der Waals surface area contributed by atoms with E-state index in [1.165, 1.54) is 0 Å². The summed E-state index contributed by atoms with van der Waals surface area (Å²) < 4.78 is 0. The predicted octanol–water partition coefficient (Wildman–Crippen LogP) is 2.90. The lowest BCUT2D eigenvalue weighted by Crippen LogP contribution is -2.34. The number of benzene rings is 1. The summed E-state index contributed by atoms with van der Waals surface area (Å²) in [4.78, 5) is 6.74. The number of aliphatic hydroxyl groups excluding tert-OH is 1. The van der Waals surface area contributed by atoms with Crippen molar-refractivity contribution in [3.05, 3.63) is 35.5 Å². The Morgan fingerprint density at radius 3 is 2.95 bits per heavy atom. The number of nitrogens with zero attached hydrogens (tertiary/aromatic N) is 2. The normalized spacial score (nSPS) is 17.1. The molecular weight excluding hydrogens is 260 g/mol. The van der Waals surface area contributed by atoms with Crippen LogP contribution in [0.1, 0.15) is 12.8 Å². The summed E-state index contributed by atoms with van der Waals surface area (Å²) in [6, 6.07) is 8.96. The van der Waals surface area contributed by atoms with Gasteiger partial charge in [0.15, 0.2) is 0 Å². The number of aromatic nitrogens is 1. The van der Waals surface area contributed by atoms with Crippen LogP contribution in [0.5, 0.6) is 0 Å². The third-order valence-electron chi connectivity index (χ3n) is 3.81. The number of rotatable bonds is 2. The summed E-state index contributed by atoms with van der Waals surface area (Å²) in [6.45, 7) is 2.17. The van der Waals surface area contributed by atoms with Crippen molar-refractivity contribution >= 4 is 28.2 Å². The summed E-state index contributed by atoms with van der Waals surface area (Å²) in [7, 11) is 0. The molecule has 19 heavy (non-hydrogen) atoms. The van der Waals surface area contributed by atoms with E-state index in [4.69, 9.17) is 11.6 Å². The molecule has 1 aromatic carbocycles. The van der Waals surface area contributed by atoms with Crippen molar-refractivity contribution in [2.75, 3.05) is 24.6 Å². The van der Waals surface area contributed by atoms with Crippen LogP contribution in [0, 0.1) is 12.0 Å². The van der Waals surface area contributed by atoms with E-state index in [1.807, 2.05) is 18.2 Å². The van der Waals surface area contributed by atoms with E-state index >= 15 is 0 Å². The van der Waals surface area contributed by atoms with Crippen LogP contribution >= 0.6 is 11.6 Å². The van der Waals surface area contributed by atoms with Crippen LogP contribution in [0.2, 0.25) is 5.02 Å². The summed E-state index contributed by atoms with van der Waals surface area (Å²) in [5.74, 6) is 0.433. The highest BCUT2D eigenvalue weighted by Gasteiger charge is 2.20. The molecule has 0 atom stereocenters. The van der Waals surface area contributed by atoms with E-state index < -0.39 is 0 Å². The van der Waals surface area contributed by atoms with Gasteiger partial charge in [0.05, 0.1) is 16.2 Å². The highest BCUT2D eigenvalue weighted by Crippen LogP contribution is 2.32. The topological polar surface area (TPSA) is 36.4 Å². The molecule has 4 heteroatoms. The Hall–Kier alpha value is -1.32. The van der Waals surface area contributed by atoms with Gasteiger partial charge in [-0.15, -0.1) is 0 Å². The third-order valence-corrected chi connectivity index (χ3v) is 4.13. The molecule has 0 spiro atoms. The van der Waals surface area contributed by atoms with Gasteiger partial charge in [-0.1, -0.05) is 11.6 Å². The maximum atomic E-state index is 9.20. The van der Waals surface area contributed by atoms with Gasteiger partial charge in [0.2, 0.25) is 0 Å². The van der Waals surface area contributed by atoms with Crippen LogP contribution in [-0.2, 0) is 0 Å². The molecule has 0 aliphatic carbocycles. The molecule has 1 aliphatic rings. The van der Waals surface area contributed by atoms with Crippen LogP contribution in [0.15, 0.2) is 24.4 Å². The summed E-state index contributed by atoms with van der Waals surface area (Å²) in [6.07, 6.45) is 3.82. The molecule has 1 saturated heterocycles. The van der Waals surface area contributed by atoms with Crippen molar-refractivity contribution in [1.29, 1.82) is 0 Å². The average molecular weight is 276 g/mol. The Kier molecular flexibility index (Phi) is 3.58. The molecule has 3 rings (SSSR count). The molecule has 0 saturated carbocycles. The lowest BCUT2D eigenvalue weighted by atomic mass is 9.97. The van der Waals surface area contributed by atoms with E-state index in [0.29, 0.717) is 10.9 Å². The Balaban J connectivity index is 1.95. The van der Waals surface area contributed by atoms with E-state index in [-0.39, 0.29) is 6.61 Å². The average Bonchev–Trinajstić information content (AvgIpc) is 2.48. The zero-order valence-electron chi connectivity index (χ0n) is 10.6. The largest absolute Gasteiger partial charge is 0.396 e. The van der Waals surface area contributed by atoms with Crippen molar-refractivity contribution in [3.63, 3.8) is 0 Å². The summed E-state index contributed by atoms with van der Waals surface area (Å²) in [5, 5.41) is 10.9. The van der Waals surface area contributed by atoms with Gasteiger partial charge in [0.25, 0.3) is 0 Å². The second-order valence-electron chi connectivity index (χ2n) is 5.00. The molecule has 1 fully saturated rings. The van der Waals surface area contributed by atoms with Crippen molar-refractivity contribution in [1.82, 2.24) is 4.98 Å². The molecule has 1 aromatic heterocycles. The number of fused-ring (bicyclic) bond motifs is 1. The summed E-state index contributed by atoms with van der Waals surface area (Å²) in [5.41, 5.74) is 1.94. The minimum Gasteiger partial charge on any atom is -0.396 e. The van der Waals surface area contributed by atoms with Gasteiger partial charge in [-0.25, -0.2) is 0 Å². The molecule has 1 radical (unpaired) electrons. The molecule has 2 aromatic rings. The number of anilines is 1. The van der Waals surface area contributed by atoms with Gasteiger partial charge in [0.1, 0.15) is 0 Å². The van der Waals surface area contributed by atoms with Gasteiger partial charge in [-0.2, -0.15) is 0 Å². The number of hydrogen-bond acceptors (Lipinski definition) is 3. The van der Waals surface area contributed by atoms with E-state index in [0.717, 1.165) is 42.5 Å². The van der Waals surface area contributed by atoms with Gasteiger partial charge in [-0.05, 0) is 37.0 Å². The van der Waals surface area contributed by atoms with Crippen LogP contribution in [0.4, 0.5) is 5.69 Å². The summed E-state index contributed by atoms with van der Waals surface area (Å²) >= 11 is 6.19. The van der Waals surface area contributed by atoms with Crippen molar-refractivity contribution < 1.29 is 5.11 Å². The first-order chi connectivity index (χ1) is 9.29. The van der Waals surface area contributed by atoms with Gasteiger partial charge >= 0.3 is 0 Å². The molecule has 0 amide bonds. The Bertz CT molecular complexity index is 579. The minimum absolute atomic E-state index is 0.289. The van der Waals surface area contributed by atoms with Crippen LogP contribution in [-0.4, -0.2) is 29.8 Å². The van der Waals surface area contributed by atoms with E-state index in [9.17, 15) is 5.11 Å². The smallest absolute Gasteiger partial charge is 0.0956 e. The quantitative estimate of drug-likeness (QED) is 0.916. The van der Waals surface area contributed by atoms with Gasteiger partial charge < -0.3 is 10.0 Å². The standard InChI is InChI=1S/C15H16ClN2O/c16-13-3-4-14(15-12(13)2-1-7-17-15)18-8-5-11(10-19)6-9-18/h1-3,7,11,19H,5-6,8-10H2. The predicted molar refractivity (Wildman–Crippen MR) is 77.6 cm³/mol. The fraction of sp³-hybridized carbons (Fsp3) is 0.400. The monoisotopic (exact) mass is 275 g/mol. The molecule has 0 bridgehead atoms. The van der Waals surface area contributed by atoms with Crippen molar-refractivity contribution in [2.45, 2.75) is 12.8 Å². The van der Waals surface area contributed by atoms with Gasteiger partial charge in [-0.3, -0.25) is 4.98 Å². The molecule has 0 unspecified atom stereocenters. The van der Waals surface area contributed by atoms with Crippen LogP contribution in [0.3, 0.4) is 0 Å². The first-order valence-corrected chi connectivity index (χ1v) is 6.98. The van der Waals surface area contributed by atoms with E-state index in [2.05, 4.69) is 16.0 Å². The zero-order valence-corrected chi connectivity index (χ0v) is 11.4. The second-order valence-corrected chi connectivity index (χ2v) is 5.40. The fourth-order valence-corrected chi connectivity index (χ4v) is 2.85. The number of halogens is 1. The maximum Gasteiger partial charge on any atom is 0.0956 e. The highest BCUT2D eigenvalue weighted by atomic mass is 35.5. The first kappa shape index (κ1) is 12.7. The molecule has 2 heterocycles. The lowest BCUT2D eigenvalue weighted by molar-refractivity contribution is 0.203. The van der Waals surface area contributed by atoms with E-state index in [1.54, 1.807) is 6.20 Å². The Morgan fingerprint density at radius 2 is 2.21 bits per heavy atom. The fourth-order valence-electron chi connectivity index (χ4n) is 2.64. The van der Waals surface area contributed by atoms with Crippen LogP contribution < -0.4 is 4.90 Å². The van der Waals surface area contributed by atoms with Crippen LogP contribution in [0.25, 0.3) is 10.9 Å².